The monoisotopic (exact) mass is 195 g/mol. The van der Waals surface area contributed by atoms with Gasteiger partial charge in [0.25, 0.3) is 0 Å². The highest BCUT2D eigenvalue weighted by molar-refractivity contribution is 5.75. The van der Waals surface area contributed by atoms with Crippen molar-refractivity contribution < 1.29 is 9.90 Å². The highest BCUT2D eigenvalue weighted by atomic mass is 16.4. The second-order valence-corrected chi connectivity index (χ2v) is 5.91. The van der Waals surface area contributed by atoms with Crippen LogP contribution in [0.2, 0.25) is 0 Å². The minimum atomic E-state index is -0.596. The molecule has 0 saturated heterocycles. The Kier molecular flexibility index (Phi) is 1.45. The van der Waals surface area contributed by atoms with E-state index < -0.39 is 11.4 Å². The smallest absolute Gasteiger partial charge is 0.309 e. The molecule has 0 amide bonds. The lowest BCUT2D eigenvalue weighted by Crippen LogP contribution is -2.62. The Labute approximate surface area is 83.7 Å². The van der Waals surface area contributed by atoms with E-state index >= 15 is 0 Å². The van der Waals surface area contributed by atoms with Gasteiger partial charge in [0.15, 0.2) is 0 Å². The Morgan fingerprint density at radius 3 is 2.21 bits per heavy atom. The Morgan fingerprint density at radius 2 is 1.79 bits per heavy atom. The summed E-state index contributed by atoms with van der Waals surface area (Å²) in [5.41, 5.74) is 5.70. The number of aliphatic carboxylic acids is 1. The predicted octanol–water partition coefficient (Wildman–Crippen LogP) is 1.37. The minimum absolute atomic E-state index is 0.136. The van der Waals surface area contributed by atoms with Crippen LogP contribution < -0.4 is 5.73 Å². The summed E-state index contributed by atoms with van der Waals surface area (Å²) in [6, 6.07) is 0. The summed E-state index contributed by atoms with van der Waals surface area (Å²) >= 11 is 0. The lowest BCUT2D eigenvalue weighted by atomic mass is 9.47. The first kappa shape index (κ1) is 8.72. The molecule has 0 aliphatic heterocycles. The van der Waals surface area contributed by atoms with Crippen LogP contribution in [0.3, 0.4) is 0 Å². The normalized spacial score (nSPS) is 54.9. The first-order valence-electron chi connectivity index (χ1n) is 5.54. The van der Waals surface area contributed by atoms with Gasteiger partial charge in [0.05, 0.1) is 5.41 Å². The lowest BCUT2D eigenvalue weighted by Gasteiger charge is -2.59. The fourth-order valence-electron chi connectivity index (χ4n) is 4.58. The molecule has 4 aliphatic carbocycles. The molecule has 0 aromatic carbocycles. The maximum absolute atomic E-state index is 11.3. The molecule has 4 rings (SSSR count). The second-order valence-electron chi connectivity index (χ2n) is 5.91. The number of hydrogen-bond donors (Lipinski definition) is 2. The summed E-state index contributed by atoms with van der Waals surface area (Å²) in [6.07, 6.45) is 5.86. The topological polar surface area (TPSA) is 63.3 Å². The lowest BCUT2D eigenvalue weighted by molar-refractivity contribution is -0.166. The third-order valence-electron chi connectivity index (χ3n) is 4.56. The Balaban J connectivity index is 2.00. The van der Waals surface area contributed by atoms with Gasteiger partial charge in [-0.25, -0.2) is 0 Å². The van der Waals surface area contributed by atoms with Crippen molar-refractivity contribution in [3.05, 3.63) is 0 Å². The average Bonchev–Trinajstić information content (AvgIpc) is 1.98. The van der Waals surface area contributed by atoms with Crippen molar-refractivity contribution in [2.45, 2.75) is 44.1 Å². The van der Waals surface area contributed by atoms with Gasteiger partial charge < -0.3 is 10.8 Å². The van der Waals surface area contributed by atoms with Gasteiger partial charge in [0, 0.05) is 5.54 Å². The quantitative estimate of drug-likeness (QED) is 0.664. The maximum Gasteiger partial charge on any atom is 0.309 e. The molecule has 3 nitrogen and oxygen atoms in total. The third-order valence-corrected chi connectivity index (χ3v) is 4.56. The SMILES string of the molecule is NC12CC3CC(C1)CC(C(=O)O)(C3)C2. The summed E-state index contributed by atoms with van der Waals surface area (Å²) in [6.45, 7) is 0. The van der Waals surface area contributed by atoms with E-state index in [-0.39, 0.29) is 5.54 Å². The molecule has 2 atom stereocenters. The molecule has 0 aromatic heterocycles. The first-order chi connectivity index (χ1) is 6.51. The molecule has 4 aliphatic rings. The summed E-state index contributed by atoms with van der Waals surface area (Å²) in [5, 5.41) is 9.34. The molecule has 4 fully saturated rings. The molecular formula is C11H17NO2. The Morgan fingerprint density at radius 1 is 1.21 bits per heavy atom. The largest absolute Gasteiger partial charge is 0.481 e. The average molecular weight is 195 g/mol. The summed E-state index contributed by atoms with van der Waals surface area (Å²) in [4.78, 5) is 11.3. The summed E-state index contributed by atoms with van der Waals surface area (Å²) in [5.74, 6) is 0.594. The molecular weight excluding hydrogens is 178 g/mol. The predicted molar refractivity (Wildman–Crippen MR) is 51.7 cm³/mol. The van der Waals surface area contributed by atoms with Gasteiger partial charge >= 0.3 is 5.97 Å². The van der Waals surface area contributed by atoms with Crippen molar-refractivity contribution in [3.63, 3.8) is 0 Å². The molecule has 0 heterocycles. The highest BCUT2D eigenvalue weighted by Crippen LogP contribution is 2.60. The van der Waals surface area contributed by atoms with Crippen molar-refractivity contribution in [2.75, 3.05) is 0 Å². The van der Waals surface area contributed by atoms with Crippen molar-refractivity contribution in [1.82, 2.24) is 0 Å². The van der Waals surface area contributed by atoms with E-state index in [1.165, 1.54) is 6.42 Å². The van der Waals surface area contributed by atoms with Gasteiger partial charge in [-0.1, -0.05) is 0 Å². The van der Waals surface area contributed by atoms with Gasteiger partial charge in [-0.2, -0.15) is 0 Å². The highest BCUT2D eigenvalue weighted by Gasteiger charge is 2.59. The van der Waals surface area contributed by atoms with Gasteiger partial charge in [-0.05, 0) is 50.4 Å². The van der Waals surface area contributed by atoms with E-state index in [9.17, 15) is 9.90 Å². The molecule has 4 bridgehead atoms. The second kappa shape index (κ2) is 2.32. The molecule has 14 heavy (non-hydrogen) atoms. The number of carbonyl (C=O) groups is 1. The fraction of sp³-hybridized carbons (Fsp3) is 0.909. The maximum atomic E-state index is 11.3. The van der Waals surface area contributed by atoms with Crippen LogP contribution in [0.5, 0.6) is 0 Å². The molecule has 4 saturated carbocycles. The first-order valence-corrected chi connectivity index (χ1v) is 5.54. The minimum Gasteiger partial charge on any atom is -0.481 e. The van der Waals surface area contributed by atoms with Crippen molar-refractivity contribution in [2.24, 2.45) is 23.0 Å². The van der Waals surface area contributed by atoms with Crippen LogP contribution >= 0.6 is 0 Å². The zero-order valence-corrected chi connectivity index (χ0v) is 8.33. The van der Waals surface area contributed by atoms with Crippen LogP contribution in [0.25, 0.3) is 0 Å². The van der Waals surface area contributed by atoms with Gasteiger partial charge in [0.1, 0.15) is 0 Å². The number of carboxylic acids is 1. The van der Waals surface area contributed by atoms with Crippen LogP contribution in [-0.2, 0) is 4.79 Å². The molecule has 78 valence electrons. The molecule has 0 aromatic rings. The fourth-order valence-corrected chi connectivity index (χ4v) is 4.58. The molecule has 0 radical (unpaired) electrons. The third kappa shape index (κ3) is 0.991. The van der Waals surface area contributed by atoms with Crippen molar-refractivity contribution in [3.8, 4) is 0 Å². The zero-order chi connectivity index (χ0) is 9.97. The molecule has 0 spiro atoms. The molecule has 3 N–H and O–H groups in total. The van der Waals surface area contributed by atoms with Crippen LogP contribution in [-0.4, -0.2) is 16.6 Å². The number of nitrogens with two attached hydrogens (primary N) is 1. The zero-order valence-electron chi connectivity index (χ0n) is 8.33. The van der Waals surface area contributed by atoms with E-state index in [2.05, 4.69) is 0 Å². The standard InChI is InChI=1S/C11H17NO2/c12-11-4-7-1-8(5-11)3-10(2-7,6-11)9(13)14/h7-8H,1-6,12H2,(H,13,14). The Hall–Kier alpha value is -0.570. The van der Waals surface area contributed by atoms with Crippen LogP contribution in [0.15, 0.2) is 0 Å². The summed E-state index contributed by atoms with van der Waals surface area (Å²) < 4.78 is 0. The van der Waals surface area contributed by atoms with Crippen molar-refractivity contribution >= 4 is 5.97 Å². The van der Waals surface area contributed by atoms with E-state index in [1.54, 1.807) is 0 Å². The van der Waals surface area contributed by atoms with E-state index in [0.717, 1.165) is 32.1 Å². The molecule has 3 heteroatoms. The number of carboxylic acid groups (broad SMARTS) is 1. The van der Waals surface area contributed by atoms with E-state index in [0.29, 0.717) is 11.8 Å². The van der Waals surface area contributed by atoms with Crippen LogP contribution in [0.1, 0.15) is 38.5 Å². The van der Waals surface area contributed by atoms with Gasteiger partial charge in [0.2, 0.25) is 0 Å². The number of hydrogen-bond acceptors (Lipinski definition) is 2. The van der Waals surface area contributed by atoms with E-state index in [4.69, 9.17) is 5.73 Å². The Bertz CT molecular complexity index is 286. The van der Waals surface area contributed by atoms with Crippen LogP contribution in [0.4, 0.5) is 0 Å². The van der Waals surface area contributed by atoms with Gasteiger partial charge in [-0.15, -0.1) is 0 Å². The number of rotatable bonds is 1. The van der Waals surface area contributed by atoms with Crippen LogP contribution in [0, 0.1) is 17.3 Å². The van der Waals surface area contributed by atoms with Gasteiger partial charge in [-0.3, -0.25) is 4.79 Å². The van der Waals surface area contributed by atoms with E-state index in [1.807, 2.05) is 0 Å². The molecule has 2 unspecified atom stereocenters. The summed E-state index contributed by atoms with van der Waals surface area (Å²) in [7, 11) is 0. The van der Waals surface area contributed by atoms with Crippen molar-refractivity contribution in [1.29, 1.82) is 0 Å².